The van der Waals surface area contributed by atoms with Gasteiger partial charge in [0.2, 0.25) is 0 Å². The summed E-state index contributed by atoms with van der Waals surface area (Å²) in [5, 5.41) is 18.7. The van der Waals surface area contributed by atoms with E-state index < -0.39 is 29.3 Å². The van der Waals surface area contributed by atoms with Crippen LogP contribution in [0.15, 0.2) is 53.5 Å². The summed E-state index contributed by atoms with van der Waals surface area (Å²) in [4.78, 5) is 11.3. The fraction of sp³-hybridized carbons (Fsp3) is 0.158. The van der Waals surface area contributed by atoms with Crippen molar-refractivity contribution in [3.05, 3.63) is 81.5 Å². The van der Waals surface area contributed by atoms with E-state index in [-0.39, 0.29) is 22.7 Å². The van der Waals surface area contributed by atoms with Gasteiger partial charge >= 0.3 is 6.18 Å². The van der Waals surface area contributed by atoms with Crippen LogP contribution in [0, 0.1) is 12.7 Å². The maximum Gasteiger partial charge on any atom is 0.416 e. The van der Waals surface area contributed by atoms with Gasteiger partial charge in [-0.15, -0.1) is 0 Å². The largest absolute Gasteiger partial charge is 0.457 e. The first kappa shape index (κ1) is 20.3. The molecule has 0 radical (unpaired) electrons. The first-order valence-electron chi connectivity index (χ1n) is 8.28. The number of benzene rings is 2. The van der Waals surface area contributed by atoms with Crippen LogP contribution >= 0.6 is 0 Å². The molecule has 0 saturated heterocycles. The number of alkyl halides is 3. The van der Waals surface area contributed by atoms with Gasteiger partial charge < -0.3 is 15.2 Å². The Bertz CT molecular complexity index is 1080. The monoisotopic (exact) mass is 409 g/mol. The standard InChI is InChI=1S/C19H15F4N3O3/c1-10-6-12(20)3-5-15(10)29-16-7-11(19(21,22)23)2-4-14(16)18(28)25-13-8-17(27)26-24-9-13/h2-9,18,28H,1H3,(H2,25,26,27). The SMILES string of the molecule is Cc1cc(F)ccc1Oc1cc(C(F)(F)F)ccc1C(O)Nc1cn[nH]c(=O)c1. The second-order valence-corrected chi connectivity index (χ2v) is 6.14. The Morgan fingerprint density at radius 2 is 1.90 bits per heavy atom. The van der Waals surface area contributed by atoms with Crippen LogP contribution in [-0.2, 0) is 6.18 Å². The molecule has 3 N–H and O–H groups in total. The van der Waals surface area contributed by atoms with Gasteiger partial charge in [0.25, 0.3) is 5.56 Å². The van der Waals surface area contributed by atoms with Gasteiger partial charge in [0.15, 0.2) is 6.23 Å². The number of nitrogens with one attached hydrogen (secondary N) is 2. The van der Waals surface area contributed by atoms with Crippen LogP contribution in [-0.4, -0.2) is 15.3 Å². The van der Waals surface area contributed by atoms with Gasteiger partial charge in [0.05, 0.1) is 17.4 Å². The smallest absolute Gasteiger partial charge is 0.416 e. The molecule has 0 aliphatic carbocycles. The van der Waals surface area contributed by atoms with E-state index in [2.05, 4.69) is 15.5 Å². The van der Waals surface area contributed by atoms with Crippen molar-refractivity contribution in [3.63, 3.8) is 0 Å². The minimum atomic E-state index is -4.64. The summed E-state index contributed by atoms with van der Waals surface area (Å²) in [7, 11) is 0. The van der Waals surface area contributed by atoms with Crippen molar-refractivity contribution in [2.75, 3.05) is 5.32 Å². The quantitative estimate of drug-likeness (QED) is 0.436. The highest BCUT2D eigenvalue weighted by molar-refractivity contribution is 5.48. The van der Waals surface area contributed by atoms with Crippen molar-refractivity contribution in [1.82, 2.24) is 10.2 Å². The first-order chi connectivity index (χ1) is 13.6. The summed E-state index contributed by atoms with van der Waals surface area (Å²) in [5.74, 6) is -0.688. The first-order valence-corrected chi connectivity index (χ1v) is 8.28. The number of rotatable bonds is 5. The number of hydrogen-bond acceptors (Lipinski definition) is 5. The lowest BCUT2D eigenvalue weighted by atomic mass is 10.1. The molecule has 0 fully saturated rings. The van der Waals surface area contributed by atoms with Gasteiger partial charge in [-0.05, 0) is 42.8 Å². The highest BCUT2D eigenvalue weighted by Crippen LogP contribution is 2.37. The molecule has 1 unspecified atom stereocenters. The lowest BCUT2D eigenvalue weighted by molar-refractivity contribution is -0.137. The molecule has 0 amide bonds. The Morgan fingerprint density at radius 3 is 2.55 bits per heavy atom. The van der Waals surface area contributed by atoms with Gasteiger partial charge in [-0.25, -0.2) is 9.49 Å². The lowest BCUT2D eigenvalue weighted by Crippen LogP contribution is -2.15. The maximum absolute atomic E-state index is 13.3. The van der Waals surface area contributed by atoms with E-state index in [4.69, 9.17) is 4.74 Å². The van der Waals surface area contributed by atoms with Gasteiger partial charge in [-0.2, -0.15) is 18.3 Å². The zero-order valence-electron chi connectivity index (χ0n) is 14.9. The normalized spacial score (nSPS) is 12.5. The van der Waals surface area contributed by atoms with E-state index >= 15 is 0 Å². The average Bonchev–Trinajstić information content (AvgIpc) is 2.63. The van der Waals surface area contributed by atoms with Crippen LogP contribution < -0.4 is 15.6 Å². The zero-order valence-corrected chi connectivity index (χ0v) is 14.9. The zero-order chi connectivity index (χ0) is 21.2. The molecule has 29 heavy (non-hydrogen) atoms. The molecule has 1 aromatic heterocycles. The highest BCUT2D eigenvalue weighted by atomic mass is 19.4. The van der Waals surface area contributed by atoms with Crippen molar-refractivity contribution in [3.8, 4) is 11.5 Å². The van der Waals surface area contributed by atoms with Crippen LogP contribution in [0.25, 0.3) is 0 Å². The molecule has 6 nitrogen and oxygen atoms in total. The highest BCUT2D eigenvalue weighted by Gasteiger charge is 2.32. The number of aliphatic hydroxyl groups is 1. The van der Waals surface area contributed by atoms with Crippen molar-refractivity contribution < 1.29 is 27.4 Å². The number of nitrogens with zero attached hydrogens (tertiary/aromatic N) is 1. The molecular weight excluding hydrogens is 394 g/mol. The van der Waals surface area contributed by atoms with Crippen LogP contribution in [0.3, 0.4) is 0 Å². The molecule has 10 heteroatoms. The molecular formula is C19H15F4N3O3. The van der Waals surface area contributed by atoms with Crippen LogP contribution in [0.2, 0.25) is 0 Å². The fourth-order valence-electron chi connectivity index (χ4n) is 2.56. The molecule has 0 aliphatic rings. The predicted molar refractivity (Wildman–Crippen MR) is 96.1 cm³/mol. The number of anilines is 1. The maximum atomic E-state index is 13.3. The minimum Gasteiger partial charge on any atom is -0.457 e. The van der Waals surface area contributed by atoms with Crippen molar-refractivity contribution >= 4 is 5.69 Å². The Labute approximate surface area is 161 Å². The molecule has 0 spiro atoms. The third-order valence-electron chi connectivity index (χ3n) is 3.96. The molecule has 3 rings (SSSR count). The molecule has 0 aliphatic heterocycles. The number of hydrogen-bond donors (Lipinski definition) is 3. The molecule has 2 aromatic carbocycles. The van der Waals surface area contributed by atoms with E-state index in [1.165, 1.54) is 25.3 Å². The van der Waals surface area contributed by atoms with Crippen molar-refractivity contribution in [2.45, 2.75) is 19.3 Å². The second kappa shape index (κ2) is 7.92. The number of ether oxygens (including phenoxy) is 1. The number of aliphatic hydroxyl groups excluding tert-OH is 1. The van der Waals surface area contributed by atoms with E-state index in [0.717, 1.165) is 30.3 Å². The Kier molecular flexibility index (Phi) is 5.55. The number of H-pyrrole nitrogens is 1. The van der Waals surface area contributed by atoms with Crippen LogP contribution in [0.1, 0.15) is 22.9 Å². The van der Waals surface area contributed by atoms with E-state index in [9.17, 15) is 27.5 Å². The summed E-state index contributed by atoms with van der Waals surface area (Å²) in [6.07, 6.45) is -4.93. The van der Waals surface area contributed by atoms with Crippen molar-refractivity contribution in [1.29, 1.82) is 0 Å². The minimum absolute atomic E-state index is 0.0259. The van der Waals surface area contributed by atoms with Gasteiger partial charge in [0, 0.05) is 11.6 Å². The number of aromatic amines is 1. The molecule has 1 heterocycles. The number of halogens is 4. The summed E-state index contributed by atoms with van der Waals surface area (Å²) in [5.41, 5.74) is -1.05. The van der Waals surface area contributed by atoms with E-state index in [1.807, 2.05) is 0 Å². The number of aromatic nitrogens is 2. The molecule has 3 aromatic rings. The van der Waals surface area contributed by atoms with Crippen LogP contribution in [0.4, 0.5) is 23.2 Å². The Morgan fingerprint density at radius 1 is 1.14 bits per heavy atom. The van der Waals surface area contributed by atoms with Gasteiger partial charge in [-0.1, -0.05) is 6.07 Å². The summed E-state index contributed by atoms with van der Waals surface area (Å²) >= 11 is 0. The third kappa shape index (κ3) is 4.91. The molecule has 0 bridgehead atoms. The van der Waals surface area contributed by atoms with E-state index in [1.54, 1.807) is 0 Å². The molecule has 1 atom stereocenters. The van der Waals surface area contributed by atoms with Crippen molar-refractivity contribution in [2.24, 2.45) is 0 Å². The van der Waals surface area contributed by atoms with Gasteiger partial charge in [-0.3, -0.25) is 4.79 Å². The fourth-order valence-corrected chi connectivity index (χ4v) is 2.56. The Balaban J connectivity index is 1.99. The summed E-state index contributed by atoms with van der Waals surface area (Å²) in [6.45, 7) is 1.53. The third-order valence-corrected chi connectivity index (χ3v) is 3.96. The van der Waals surface area contributed by atoms with E-state index in [0.29, 0.717) is 5.56 Å². The number of aryl methyl sites for hydroxylation is 1. The van der Waals surface area contributed by atoms with Gasteiger partial charge in [0.1, 0.15) is 17.3 Å². The predicted octanol–water partition coefficient (Wildman–Crippen LogP) is 4.13. The van der Waals surface area contributed by atoms with Crippen LogP contribution in [0.5, 0.6) is 11.5 Å². The molecule has 152 valence electrons. The Hall–Kier alpha value is -3.40. The molecule has 0 saturated carbocycles. The summed E-state index contributed by atoms with van der Waals surface area (Å²) in [6, 6.07) is 7.24. The average molecular weight is 409 g/mol. The topological polar surface area (TPSA) is 87.2 Å². The lowest BCUT2D eigenvalue weighted by Gasteiger charge is -2.20. The summed E-state index contributed by atoms with van der Waals surface area (Å²) < 4.78 is 58.3. The second-order valence-electron chi connectivity index (χ2n) is 6.14.